The Morgan fingerprint density at radius 1 is 1.40 bits per heavy atom. The van der Waals surface area contributed by atoms with E-state index in [-0.39, 0.29) is 13.2 Å². The average Bonchev–Trinajstić information content (AvgIpc) is 2.43. The zero-order chi connectivity index (χ0) is 14.8. The van der Waals surface area contributed by atoms with Gasteiger partial charge in [0.2, 0.25) is 0 Å². The second-order valence-corrected chi connectivity index (χ2v) is 4.78. The summed E-state index contributed by atoms with van der Waals surface area (Å²) in [6, 6.07) is 9.18. The van der Waals surface area contributed by atoms with E-state index in [1.807, 2.05) is 24.3 Å². The zero-order valence-electron chi connectivity index (χ0n) is 11.0. The van der Waals surface area contributed by atoms with Crippen LogP contribution < -0.4 is 5.32 Å². The molecule has 1 heterocycles. The lowest BCUT2D eigenvalue weighted by Crippen LogP contribution is -2.42. The van der Waals surface area contributed by atoms with E-state index in [4.69, 9.17) is 5.11 Å². The summed E-state index contributed by atoms with van der Waals surface area (Å²) in [4.78, 5) is 15.2. The van der Waals surface area contributed by atoms with Crippen molar-refractivity contribution < 1.29 is 20.1 Å². The van der Waals surface area contributed by atoms with Crippen molar-refractivity contribution in [2.24, 2.45) is 0 Å². The molecule has 20 heavy (non-hydrogen) atoms. The molecule has 1 atom stereocenters. The molecule has 0 spiro atoms. The summed E-state index contributed by atoms with van der Waals surface area (Å²) in [6.07, 6.45) is 0. The molecule has 0 bridgehead atoms. The smallest absolute Gasteiger partial charge is 0.337 e. The number of nitrogens with one attached hydrogen (secondary N) is 1. The number of carboxylic acids is 1. The van der Waals surface area contributed by atoms with Crippen LogP contribution >= 0.6 is 0 Å². The number of carbonyl (C=O) groups is 1. The fourth-order valence-electron chi connectivity index (χ4n) is 1.76. The first-order valence-electron chi connectivity index (χ1n) is 6.13. The maximum atomic E-state index is 10.8. The Kier molecular flexibility index (Phi) is 3.87. The van der Waals surface area contributed by atoms with Gasteiger partial charge in [0.15, 0.2) is 5.60 Å². The summed E-state index contributed by atoms with van der Waals surface area (Å²) in [6.45, 7) is 0.762. The summed E-state index contributed by atoms with van der Waals surface area (Å²) in [5.41, 5.74) is -0.632. The highest BCUT2D eigenvalue weighted by atomic mass is 16.4. The number of hydrogen-bond donors (Lipinski definition) is 4. The fraction of sp³-hybridized carbons (Fsp3) is 0.286. The Bertz CT molecular complexity index is 640. The molecule has 2 rings (SSSR count). The molecule has 1 unspecified atom stereocenters. The van der Waals surface area contributed by atoms with E-state index in [0.717, 1.165) is 10.9 Å². The Balaban J connectivity index is 2.31. The normalized spacial score (nSPS) is 13.9. The van der Waals surface area contributed by atoms with Crippen LogP contribution in [0.2, 0.25) is 0 Å². The van der Waals surface area contributed by atoms with Crippen LogP contribution in [0, 0.1) is 0 Å². The molecule has 0 radical (unpaired) electrons. The number of aliphatic hydroxyl groups excluding tert-OH is 1. The number of aliphatic carboxylic acids is 1. The number of carboxylic acid groups (broad SMARTS) is 1. The predicted octanol–water partition coefficient (Wildman–Crippen LogP) is 0.975. The van der Waals surface area contributed by atoms with Crippen LogP contribution in [0.1, 0.15) is 12.5 Å². The van der Waals surface area contributed by atoms with Crippen molar-refractivity contribution in [1.29, 1.82) is 0 Å². The Morgan fingerprint density at radius 2 is 2.10 bits per heavy atom. The van der Waals surface area contributed by atoms with Crippen molar-refractivity contribution in [2.45, 2.75) is 19.1 Å². The number of para-hydroxylation sites is 1. The second kappa shape index (κ2) is 5.44. The average molecular weight is 276 g/mol. The van der Waals surface area contributed by atoms with Crippen LogP contribution in [-0.2, 0) is 11.4 Å². The molecule has 0 amide bonds. The van der Waals surface area contributed by atoms with Crippen molar-refractivity contribution in [3.63, 3.8) is 0 Å². The highest BCUT2D eigenvalue weighted by Crippen LogP contribution is 2.21. The number of aromatic nitrogens is 1. The molecule has 6 heteroatoms. The van der Waals surface area contributed by atoms with Crippen LogP contribution in [0.25, 0.3) is 10.9 Å². The Hall–Kier alpha value is -2.18. The number of aliphatic hydroxyl groups is 2. The van der Waals surface area contributed by atoms with Crippen LogP contribution in [0.15, 0.2) is 30.3 Å². The van der Waals surface area contributed by atoms with Gasteiger partial charge >= 0.3 is 5.97 Å². The lowest BCUT2D eigenvalue weighted by molar-refractivity contribution is -0.155. The first-order chi connectivity index (χ1) is 9.44. The van der Waals surface area contributed by atoms with E-state index >= 15 is 0 Å². The molecule has 6 nitrogen and oxygen atoms in total. The van der Waals surface area contributed by atoms with Gasteiger partial charge in [-0.2, -0.15) is 0 Å². The number of hydrogen-bond acceptors (Lipinski definition) is 5. The van der Waals surface area contributed by atoms with Crippen molar-refractivity contribution in [3.8, 4) is 0 Å². The molecule has 0 aliphatic carbocycles. The quantitative estimate of drug-likeness (QED) is 0.649. The highest BCUT2D eigenvalue weighted by molar-refractivity contribution is 5.82. The minimum Gasteiger partial charge on any atom is -0.479 e. The molecular weight excluding hydrogens is 260 g/mol. The topological polar surface area (TPSA) is 103 Å². The van der Waals surface area contributed by atoms with Crippen LogP contribution in [0.4, 0.5) is 5.82 Å². The lowest BCUT2D eigenvalue weighted by Gasteiger charge is -2.20. The van der Waals surface area contributed by atoms with Gasteiger partial charge in [-0.05, 0) is 19.1 Å². The van der Waals surface area contributed by atoms with Gasteiger partial charge in [-0.25, -0.2) is 9.78 Å². The highest BCUT2D eigenvalue weighted by Gasteiger charge is 2.29. The summed E-state index contributed by atoms with van der Waals surface area (Å²) in [7, 11) is 0. The monoisotopic (exact) mass is 276 g/mol. The van der Waals surface area contributed by atoms with Gasteiger partial charge < -0.3 is 20.6 Å². The van der Waals surface area contributed by atoms with Crippen LogP contribution in [0.3, 0.4) is 0 Å². The standard InChI is InChI=1S/C14H16N2O4/c1-14(20,13(18)19)8-15-12-10(7-17)6-9-4-2-3-5-11(9)16-12/h2-6,17,20H,7-8H2,1H3,(H,15,16)(H,18,19). The second-order valence-electron chi connectivity index (χ2n) is 4.78. The largest absolute Gasteiger partial charge is 0.479 e. The van der Waals surface area contributed by atoms with E-state index < -0.39 is 11.6 Å². The van der Waals surface area contributed by atoms with Gasteiger partial charge in [0, 0.05) is 10.9 Å². The van der Waals surface area contributed by atoms with Crippen molar-refractivity contribution in [3.05, 3.63) is 35.9 Å². The van der Waals surface area contributed by atoms with E-state index in [9.17, 15) is 15.0 Å². The predicted molar refractivity (Wildman–Crippen MR) is 74.4 cm³/mol. The van der Waals surface area contributed by atoms with E-state index in [2.05, 4.69) is 10.3 Å². The van der Waals surface area contributed by atoms with Crippen molar-refractivity contribution >= 4 is 22.7 Å². The number of anilines is 1. The maximum absolute atomic E-state index is 10.8. The number of pyridine rings is 1. The third-order valence-electron chi connectivity index (χ3n) is 3.03. The molecule has 4 N–H and O–H groups in total. The Labute approximate surface area is 115 Å². The Morgan fingerprint density at radius 3 is 2.75 bits per heavy atom. The third kappa shape index (κ3) is 2.87. The van der Waals surface area contributed by atoms with Gasteiger partial charge in [0.05, 0.1) is 18.7 Å². The summed E-state index contributed by atoms with van der Waals surface area (Å²) >= 11 is 0. The first kappa shape index (κ1) is 14.2. The summed E-state index contributed by atoms with van der Waals surface area (Å²) in [5.74, 6) is -0.955. The molecular formula is C14H16N2O4. The van der Waals surface area contributed by atoms with Gasteiger partial charge in [0.1, 0.15) is 5.82 Å². The van der Waals surface area contributed by atoms with Crippen LogP contribution in [0.5, 0.6) is 0 Å². The van der Waals surface area contributed by atoms with E-state index in [0.29, 0.717) is 11.4 Å². The molecule has 0 aliphatic rings. The molecule has 0 saturated carbocycles. The fourth-order valence-corrected chi connectivity index (χ4v) is 1.76. The van der Waals surface area contributed by atoms with Crippen molar-refractivity contribution in [1.82, 2.24) is 4.98 Å². The van der Waals surface area contributed by atoms with Gasteiger partial charge in [-0.15, -0.1) is 0 Å². The zero-order valence-corrected chi connectivity index (χ0v) is 11.0. The number of rotatable bonds is 5. The maximum Gasteiger partial charge on any atom is 0.337 e. The van der Waals surface area contributed by atoms with E-state index in [1.54, 1.807) is 6.07 Å². The van der Waals surface area contributed by atoms with E-state index in [1.165, 1.54) is 6.92 Å². The van der Waals surface area contributed by atoms with Gasteiger partial charge in [0.25, 0.3) is 0 Å². The molecule has 0 saturated heterocycles. The third-order valence-corrected chi connectivity index (χ3v) is 3.03. The first-order valence-corrected chi connectivity index (χ1v) is 6.13. The molecule has 1 aromatic heterocycles. The lowest BCUT2D eigenvalue weighted by atomic mass is 10.1. The SMILES string of the molecule is CC(O)(CNc1nc2ccccc2cc1CO)C(=O)O. The molecule has 0 aliphatic heterocycles. The number of fused-ring (bicyclic) bond motifs is 1. The van der Waals surface area contributed by atoms with Crippen LogP contribution in [-0.4, -0.2) is 38.4 Å². The molecule has 0 fully saturated rings. The molecule has 106 valence electrons. The molecule has 1 aromatic carbocycles. The van der Waals surface area contributed by atoms with Gasteiger partial charge in [-0.1, -0.05) is 18.2 Å². The minimum absolute atomic E-state index is 0.208. The summed E-state index contributed by atoms with van der Waals surface area (Å²) in [5, 5.41) is 31.6. The van der Waals surface area contributed by atoms with Gasteiger partial charge in [-0.3, -0.25) is 0 Å². The number of benzene rings is 1. The van der Waals surface area contributed by atoms with Crippen molar-refractivity contribution in [2.75, 3.05) is 11.9 Å². The number of nitrogens with zero attached hydrogens (tertiary/aromatic N) is 1. The minimum atomic E-state index is -1.90. The molecule has 2 aromatic rings. The summed E-state index contributed by atoms with van der Waals surface area (Å²) < 4.78 is 0.